The predicted octanol–water partition coefficient (Wildman–Crippen LogP) is 5.71. The largest absolute Gasteiger partial charge is 0.493 e. The highest BCUT2D eigenvalue weighted by molar-refractivity contribution is 6.31. The fourth-order valence-electron chi connectivity index (χ4n) is 2.72. The van der Waals surface area contributed by atoms with Crippen molar-refractivity contribution in [2.45, 2.75) is 12.8 Å². The monoisotopic (exact) mass is 462 g/mol. The summed E-state index contributed by atoms with van der Waals surface area (Å²) in [6.07, 6.45) is -3.20. The number of alkyl halides is 3. The molecule has 9 heteroatoms. The van der Waals surface area contributed by atoms with Gasteiger partial charge in [-0.1, -0.05) is 35.9 Å². The third-order valence-corrected chi connectivity index (χ3v) is 4.73. The molecule has 0 saturated carbocycles. The highest BCUT2D eigenvalue weighted by Crippen LogP contribution is 2.30. The van der Waals surface area contributed by atoms with E-state index in [0.29, 0.717) is 22.1 Å². The molecule has 5 nitrogen and oxygen atoms in total. The van der Waals surface area contributed by atoms with Crippen LogP contribution in [0.5, 0.6) is 11.5 Å². The van der Waals surface area contributed by atoms with Crippen LogP contribution in [-0.4, -0.2) is 19.2 Å². The van der Waals surface area contributed by atoms with E-state index < -0.39 is 17.6 Å². The Balaban J connectivity index is 1.65. The summed E-state index contributed by atoms with van der Waals surface area (Å²) in [7, 11) is 1.48. The molecule has 0 spiro atoms. The molecule has 0 aliphatic heterocycles. The standard InChI is InChI=1S/C23H18ClF3N2O3/c1-31-21-11-15(9-10-20(21)32-14-17-5-2-3-8-19(17)24)13-28-29-22(30)16-6-4-7-18(12-16)23(25,26)27/h2-13H,14H2,1H3,(H,29,30)/b28-13-. The van der Waals surface area contributed by atoms with Crippen LogP contribution in [0, 0.1) is 0 Å². The normalized spacial score (nSPS) is 11.4. The van der Waals surface area contributed by atoms with E-state index in [1.807, 2.05) is 18.2 Å². The van der Waals surface area contributed by atoms with Crippen LogP contribution in [0.4, 0.5) is 13.2 Å². The summed E-state index contributed by atoms with van der Waals surface area (Å²) in [6.45, 7) is 0.247. The summed E-state index contributed by atoms with van der Waals surface area (Å²) in [4.78, 5) is 12.1. The number of amides is 1. The number of hydrogen-bond donors (Lipinski definition) is 1. The number of methoxy groups -OCH3 is 1. The molecular weight excluding hydrogens is 445 g/mol. The van der Waals surface area contributed by atoms with Crippen LogP contribution in [0.3, 0.4) is 0 Å². The van der Waals surface area contributed by atoms with Gasteiger partial charge in [-0.15, -0.1) is 0 Å². The maximum absolute atomic E-state index is 12.8. The Bertz CT molecular complexity index is 1130. The number of nitrogens with one attached hydrogen (secondary N) is 1. The van der Waals surface area contributed by atoms with Crippen LogP contribution in [0.1, 0.15) is 27.0 Å². The van der Waals surface area contributed by atoms with E-state index in [9.17, 15) is 18.0 Å². The molecule has 0 aliphatic carbocycles. The molecular formula is C23H18ClF3N2O3. The average Bonchev–Trinajstić information content (AvgIpc) is 2.78. The van der Waals surface area contributed by atoms with E-state index in [2.05, 4.69) is 10.5 Å². The minimum Gasteiger partial charge on any atom is -0.493 e. The zero-order valence-electron chi connectivity index (χ0n) is 16.8. The quantitative estimate of drug-likeness (QED) is 0.361. The molecule has 3 aromatic carbocycles. The molecule has 3 rings (SSSR count). The smallest absolute Gasteiger partial charge is 0.416 e. The first-order valence-electron chi connectivity index (χ1n) is 9.33. The van der Waals surface area contributed by atoms with Crippen molar-refractivity contribution in [1.29, 1.82) is 0 Å². The Morgan fingerprint density at radius 1 is 1.06 bits per heavy atom. The molecule has 0 saturated heterocycles. The lowest BCUT2D eigenvalue weighted by molar-refractivity contribution is -0.137. The van der Waals surface area contributed by atoms with Crippen molar-refractivity contribution < 1.29 is 27.4 Å². The second-order valence-electron chi connectivity index (χ2n) is 6.57. The lowest BCUT2D eigenvalue weighted by atomic mass is 10.1. The fourth-order valence-corrected chi connectivity index (χ4v) is 2.91. The van der Waals surface area contributed by atoms with Crippen LogP contribution >= 0.6 is 11.6 Å². The molecule has 3 aromatic rings. The van der Waals surface area contributed by atoms with E-state index in [-0.39, 0.29) is 12.2 Å². The molecule has 166 valence electrons. The Kier molecular flexibility index (Phi) is 7.37. The van der Waals surface area contributed by atoms with E-state index in [1.54, 1.807) is 24.3 Å². The van der Waals surface area contributed by atoms with Crippen LogP contribution in [0.2, 0.25) is 5.02 Å². The number of halogens is 4. The average molecular weight is 463 g/mol. The molecule has 1 amide bonds. The molecule has 0 radical (unpaired) electrons. The number of carbonyl (C=O) groups is 1. The first-order valence-corrected chi connectivity index (χ1v) is 9.70. The van der Waals surface area contributed by atoms with E-state index in [4.69, 9.17) is 21.1 Å². The number of benzene rings is 3. The van der Waals surface area contributed by atoms with Gasteiger partial charge in [-0.25, -0.2) is 5.43 Å². The third kappa shape index (κ3) is 6.01. The zero-order chi connectivity index (χ0) is 23.1. The highest BCUT2D eigenvalue weighted by atomic mass is 35.5. The van der Waals surface area contributed by atoms with Crippen molar-refractivity contribution in [1.82, 2.24) is 5.43 Å². The Morgan fingerprint density at radius 3 is 2.56 bits per heavy atom. The van der Waals surface area contributed by atoms with E-state index in [0.717, 1.165) is 23.8 Å². The van der Waals surface area contributed by atoms with Gasteiger partial charge in [-0.05, 0) is 48.0 Å². The first-order chi connectivity index (χ1) is 15.3. The maximum atomic E-state index is 12.8. The minimum atomic E-state index is -4.54. The summed E-state index contributed by atoms with van der Waals surface area (Å²) in [5.41, 5.74) is 2.54. The molecule has 0 atom stereocenters. The third-order valence-electron chi connectivity index (χ3n) is 4.36. The SMILES string of the molecule is COc1cc(/C=N\NC(=O)c2cccc(C(F)(F)F)c2)ccc1OCc1ccccc1Cl. The molecule has 0 aliphatic rings. The molecule has 0 unspecified atom stereocenters. The summed E-state index contributed by atoms with van der Waals surface area (Å²) in [5, 5.41) is 4.39. The van der Waals surface area contributed by atoms with Crippen LogP contribution in [-0.2, 0) is 12.8 Å². The highest BCUT2D eigenvalue weighted by Gasteiger charge is 2.30. The molecule has 32 heavy (non-hydrogen) atoms. The Morgan fingerprint density at radius 2 is 1.84 bits per heavy atom. The predicted molar refractivity (Wildman–Crippen MR) is 115 cm³/mol. The summed E-state index contributed by atoms with van der Waals surface area (Å²) < 4.78 is 49.5. The Hall–Kier alpha value is -3.52. The number of rotatable bonds is 7. The minimum absolute atomic E-state index is 0.155. The van der Waals surface area contributed by atoms with E-state index in [1.165, 1.54) is 19.4 Å². The first kappa shape index (κ1) is 23.1. The zero-order valence-corrected chi connectivity index (χ0v) is 17.6. The van der Waals surface area contributed by atoms with Gasteiger partial charge in [0.1, 0.15) is 6.61 Å². The second-order valence-corrected chi connectivity index (χ2v) is 6.98. The molecule has 0 fully saturated rings. The number of hydrazone groups is 1. The Labute approximate surface area is 187 Å². The van der Waals surface area contributed by atoms with Gasteiger partial charge in [0.25, 0.3) is 5.91 Å². The number of hydrogen-bond acceptors (Lipinski definition) is 4. The van der Waals surface area contributed by atoms with Crippen molar-refractivity contribution in [3.8, 4) is 11.5 Å². The molecule has 1 N–H and O–H groups in total. The number of carbonyl (C=O) groups excluding carboxylic acids is 1. The fraction of sp³-hybridized carbons (Fsp3) is 0.130. The van der Waals surface area contributed by atoms with Crippen molar-refractivity contribution in [2.75, 3.05) is 7.11 Å². The van der Waals surface area contributed by atoms with Crippen molar-refractivity contribution in [3.63, 3.8) is 0 Å². The summed E-state index contributed by atoms with van der Waals surface area (Å²) in [6, 6.07) is 16.4. The van der Waals surface area contributed by atoms with Crippen molar-refractivity contribution in [2.24, 2.45) is 5.10 Å². The number of nitrogens with zero attached hydrogens (tertiary/aromatic N) is 1. The van der Waals surface area contributed by atoms with Crippen LogP contribution in [0.25, 0.3) is 0 Å². The molecule has 0 heterocycles. The van der Waals surface area contributed by atoms with Gasteiger partial charge < -0.3 is 9.47 Å². The van der Waals surface area contributed by atoms with E-state index >= 15 is 0 Å². The van der Waals surface area contributed by atoms with Gasteiger partial charge >= 0.3 is 6.18 Å². The molecule has 0 bridgehead atoms. The van der Waals surface area contributed by atoms with Gasteiger partial charge in [0, 0.05) is 16.1 Å². The van der Waals surface area contributed by atoms with Gasteiger partial charge in [-0.3, -0.25) is 4.79 Å². The summed E-state index contributed by atoms with van der Waals surface area (Å²) in [5.74, 6) is 0.154. The topological polar surface area (TPSA) is 59.9 Å². The lowest BCUT2D eigenvalue weighted by Gasteiger charge is -2.12. The molecule has 0 aromatic heterocycles. The number of ether oxygens (including phenoxy) is 2. The second kappa shape index (κ2) is 10.2. The maximum Gasteiger partial charge on any atom is 0.416 e. The van der Waals surface area contributed by atoms with Gasteiger partial charge in [-0.2, -0.15) is 18.3 Å². The lowest BCUT2D eigenvalue weighted by Crippen LogP contribution is -2.18. The van der Waals surface area contributed by atoms with Crippen LogP contribution in [0.15, 0.2) is 71.8 Å². The van der Waals surface area contributed by atoms with Crippen LogP contribution < -0.4 is 14.9 Å². The van der Waals surface area contributed by atoms with Gasteiger partial charge in [0.15, 0.2) is 11.5 Å². The summed E-state index contributed by atoms with van der Waals surface area (Å²) >= 11 is 6.13. The van der Waals surface area contributed by atoms with Crippen molar-refractivity contribution in [3.05, 3.63) is 94.0 Å². The van der Waals surface area contributed by atoms with Gasteiger partial charge in [0.2, 0.25) is 0 Å². The van der Waals surface area contributed by atoms with Crippen molar-refractivity contribution >= 4 is 23.7 Å². The van der Waals surface area contributed by atoms with Gasteiger partial charge in [0.05, 0.1) is 18.9 Å².